The molecule has 0 spiro atoms. The first kappa shape index (κ1) is 14.3. The van der Waals surface area contributed by atoms with E-state index in [9.17, 15) is 0 Å². The minimum Gasteiger partial charge on any atom is -0.491 e. The van der Waals surface area contributed by atoms with Crippen molar-refractivity contribution in [3.63, 3.8) is 0 Å². The molecular weight excluding hydrogens is 250 g/mol. The van der Waals surface area contributed by atoms with E-state index in [1.165, 1.54) is 0 Å². The molecule has 4 heteroatoms. The van der Waals surface area contributed by atoms with Gasteiger partial charge in [0.2, 0.25) is 0 Å². The van der Waals surface area contributed by atoms with Gasteiger partial charge in [0.05, 0.1) is 24.0 Å². The first-order valence-corrected chi connectivity index (χ1v) is 6.98. The molecule has 1 aromatic carbocycles. The van der Waals surface area contributed by atoms with E-state index in [2.05, 4.69) is 36.1 Å². The third kappa shape index (κ3) is 3.95. The highest BCUT2D eigenvalue weighted by atomic mass is 16.5. The number of anilines is 1. The summed E-state index contributed by atoms with van der Waals surface area (Å²) in [6.07, 6.45) is 6.38. The Bertz CT molecular complexity index is 530. The molecule has 0 aliphatic heterocycles. The number of ether oxygens (including phenoxy) is 1. The van der Waals surface area contributed by atoms with Crippen molar-refractivity contribution in [2.24, 2.45) is 0 Å². The van der Waals surface area contributed by atoms with Crippen LogP contribution < -0.4 is 10.1 Å². The zero-order valence-corrected chi connectivity index (χ0v) is 12.2. The number of hydrogen-bond acceptors (Lipinski definition) is 4. The van der Waals surface area contributed by atoms with Crippen molar-refractivity contribution in [2.75, 3.05) is 5.32 Å². The van der Waals surface area contributed by atoms with E-state index in [4.69, 9.17) is 4.74 Å². The lowest BCUT2D eigenvalue weighted by atomic mass is 10.2. The molecule has 2 atom stereocenters. The van der Waals surface area contributed by atoms with Crippen LogP contribution in [0.2, 0.25) is 0 Å². The van der Waals surface area contributed by atoms with Crippen molar-refractivity contribution in [1.82, 2.24) is 9.97 Å². The maximum absolute atomic E-state index is 5.82. The molecule has 0 bridgehead atoms. The van der Waals surface area contributed by atoms with Crippen molar-refractivity contribution < 1.29 is 4.74 Å². The predicted molar refractivity (Wildman–Crippen MR) is 80.9 cm³/mol. The summed E-state index contributed by atoms with van der Waals surface area (Å²) in [4.78, 5) is 8.39. The number of hydrogen-bond donors (Lipinski definition) is 1. The Morgan fingerprint density at radius 1 is 1.25 bits per heavy atom. The molecule has 0 saturated heterocycles. The summed E-state index contributed by atoms with van der Waals surface area (Å²) in [5, 5.41) is 3.41. The zero-order valence-electron chi connectivity index (χ0n) is 12.2. The van der Waals surface area contributed by atoms with Crippen molar-refractivity contribution in [3.05, 3.63) is 48.5 Å². The molecule has 106 valence electrons. The summed E-state index contributed by atoms with van der Waals surface area (Å²) in [6.45, 7) is 6.25. The van der Waals surface area contributed by atoms with Crippen LogP contribution in [0.4, 0.5) is 5.69 Å². The molecule has 0 aliphatic carbocycles. The number of nitrogens with zero attached hydrogens (tertiary/aromatic N) is 2. The molecule has 0 saturated carbocycles. The first-order chi connectivity index (χ1) is 9.69. The minimum absolute atomic E-state index is 0.0996. The average molecular weight is 271 g/mol. The molecule has 1 heterocycles. The Morgan fingerprint density at radius 2 is 2.10 bits per heavy atom. The molecule has 0 aliphatic rings. The van der Waals surface area contributed by atoms with Gasteiger partial charge in [-0.3, -0.25) is 9.97 Å². The van der Waals surface area contributed by atoms with Crippen LogP contribution >= 0.6 is 0 Å². The SMILES string of the molecule is CC[C@@H](C)Oc1cccc(N[C@@H](C)c2cnccn2)c1. The third-order valence-electron chi connectivity index (χ3n) is 3.16. The van der Waals surface area contributed by atoms with Crippen molar-refractivity contribution >= 4 is 5.69 Å². The smallest absolute Gasteiger partial charge is 0.121 e. The van der Waals surface area contributed by atoms with Crippen molar-refractivity contribution in [3.8, 4) is 5.75 Å². The zero-order chi connectivity index (χ0) is 14.4. The van der Waals surface area contributed by atoms with E-state index in [0.29, 0.717) is 0 Å². The fraction of sp³-hybridized carbons (Fsp3) is 0.375. The van der Waals surface area contributed by atoms with E-state index in [1.54, 1.807) is 18.6 Å². The Balaban J connectivity index is 2.04. The lowest BCUT2D eigenvalue weighted by Crippen LogP contribution is -2.11. The maximum Gasteiger partial charge on any atom is 0.121 e. The molecule has 4 nitrogen and oxygen atoms in total. The van der Waals surface area contributed by atoms with Gasteiger partial charge in [0, 0.05) is 24.1 Å². The number of aromatic nitrogens is 2. The maximum atomic E-state index is 5.82. The lowest BCUT2D eigenvalue weighted by Gasteiger charge is -2.17. The van der Waals surface area contributed by atoms with Gasteiger partial charge in [0.15, 0.2) is 0 Å². The van der Waals surface area contributed by atoms with Gasteiger partial charge < -0.3 is 10.1 Å². The normalized spacial score (nSPS) is 13.6. The Labute approximate surface area is 120 Å². The van der Waals surface area contributed by atoms with Crippen LogP contribution in [0.25, 0.3) is 0 Å². The van der Waals surface area contributed by atoms with Gasteiger partial charge in [-0.25, -0.2) is 0 Å². The van der Waals surface area contributed by atoms with Crippen LogP contribution in [-0.2, 0) is 0 Å². The fourth-order valence-corrected chi connectivity index (χ4v) is 1.83. The second-order valence-electron chi connectivity index (χ2n) is 4.86. The highest BCUT2D eigenvalue weighted by Gasteiger charge is 2.07. The molecule has 0 unspecified atom stereocenters. The number of rotatable bonds is 6. The largest absolute Gasteiger partial charge is 0.491 e. The van der Waals surface area contributed by atoms with Crippen LogP contribution in [0.15, 0.2) is 42.9 Å². The van der Waals surface area contributed by atoms with Gasteiger partial charge in [-0.15, -0.1) is 0 Å². The topological polar surface area (TPSA) is 47.0 Å². The fourth-order valence-electron chi connectivity index (χ4n) is 1.83. The molecule has 20 heavy (non-hydrogen) atoms. The molecule has 0 amide bonds. The predicted octanol–water partition coefficient (Wildman–Crippen LogP) is 3.83. The summed E-state index contributed by atoms with van der Waals surface area (Å²) < 4.78 is 5.82. The van der Waals surface area contributed by atoms with Gasteiger partial charge in [-0.05, 0) is 32.4 Å². The Morgan fingerprint density at radius 3 is 2.80 bits per heavy atom. The van der Waals surface area contributed by atoms with E-state index in [-0.39, 0.29) is 12.1 Å². The Kier molecular flexibility index (Phi) is 4.93. The molecule has 1 N–H and O–H groups in total. The molecule has 2 aromatic rings. The van der Waals surface area contributed by atoms with Crippen LogP contribution in [0, 0.1) is 0 Å². The van der Waals surface area contributed by atoms with E-state index < -0.39 is 0 Å². The van der Waals surface area contributed by atoms with Crippen LogP contribution in [0.5, 0.6) is 5.75 Å². The van der Waals surface area contributed by atoms with Crippen molar-refractivity contribution in [2.45, 2.75) is 39.3 Å². The second kappa shape index (κ2) is 6.89. The summed E-state index contributed by atoms with van der Waals surface area (Å²) in [5.41, 5.74) is 1.93. The quantitative estimate of drug-likeness (QED) is 0.867. The lowest BCUT2D eigenvalue weighted by molar-refractivity contribution is 0.217. The Hall–Kier alpha value is -2.10. The van der Waals surface area contributed by atoms with E-state index in [1.807, 2.05) is 24.3 Å². The van der Waals surface area contributed by atoms with Crippen molar-refractivity contribution in [1.29, 1.82) is 0 Å². The van der Waals surface area contributed by atoms with E-state index in [0.717, 1.165) is 23.6 Å². The summed E-state index contributed by atoms with van der Waals surface area (Å²) in [5.74, 6) is 0.885. The van der Waals surface area contributed by atoms with Gasteiger partial charge in [0.1, 0.15) is 5.75 Å². The van der Waals surface area contributed by atoms with Crippen LogP contribution in [0.1, 0.15) is 38.9 Å². The molecule has 0 fully saturated rings. The molecular formula is C16H21N3O. The molecule has 0 radical (unpaired) electrons. The van der Waals surface area contributed by atoms with Gasteiger partial charge in [-0.2, -0.15) is 0 Å². The highest BCUT2D eigenvalue weighted by Crippen LogP contribution is 2.22. The van der Waals surface area contributed by atoms with Gasteiger partial charge in [0.25, 0.3) is 0 Å². The monoisotopic (exact) mass is 271 g/mol. The highest BCUT2D eigenvalue weighted by molar-refractivity contribution is 5.49. The van der Waals surface area contributed by atoms with E-state index >= 15 is 0 Å². The van der Waals surface area contributed by atoms with Gasteiger partial charge >= 0.3 is 0 Å². The summed E-state index contributed by atoms with van der Waals surface area (Å²) in [6, 6.07) is 8.10. The third-order valence-corrected chi connectivity index (χ3v) is 3.16. The van der Waals surface area contributed by atoms with Gasteiger partial charge in [-0.1, -0.05) is 13.0 Å². The summed E-state index contributed by atoms with van der Waals surface area (Å²) >= 11 is 0. The number of benzene rings is 1. The molecule has 1 aromatic heterocycles. The summed E-state index contributed by atoms with van der Waals surface area (Å²) in [7, 11) is 0. The molecule has 2 rings (SSSR count). The minimum atomic E-state index is 0.0996. The number of nitrogens with one attached hydrogen (secondary N) is 1. The average Bonchev–Trinajstić information content (AvgIpc) is 2.48. The first-order valence-electron chi connectivity index (χ1n) is 6.98. The van der Waals surface area contributed by atoms with Crippen LogP contribution in [-0.4, -0.2) is 16.1 Å². The van der Waals surface area contributed by atoms with Crippen LogP contribution in [0.3, 0.4) is 0 Å². The standard InChI is InChI=1S/C16H21N3O/c1-4-12(2)20-15-7-5-6-14(10-15)19-13(3)16-11-17-8-9-18-16/h5-13,19H,4H2,1-3H3/t12-,13+/m1/s1. The second-order valence-corrected chi connectivity index (χ2v) is 4.86.